The van der Waals surface area contributed by atoms with E-state index in [1.54, 1.807) is 22.3 Å². The number of hydrogen-bond donors (Lipinski definition) is 2. The molecule has 3 fully saturated rings. The Morgan fingerprint density at radius 1 is 1.04 bits per heavy atom. The molecule has 2 saturated carbocycles. The maximum absolute atomic E-state index is 15.1. The summed E-state index contributed by atoms with van der Waals surface area (Å²) in [5, 5.41) is 26.5. The summed E-state index contributed by atoms with van der Waals surface area (Å²) >= 11 is 8.04. The predicted octanol–water partition coefficient (Wildman–Crippen LogP) is 9.20. The number of ether oxygens (including phenoxy) is 1. The Morgan fingerprint density at radius 3 is 2.50 bits per heavy atom. The average molecular weight is 804 g/mol. The predicted molar refractivity (Wildman–Crippen MR) is 217 cm³/mol. The molecule has 6 atom stereocenters. The number of ketones is 1. The molecule has 6 unspecified atom stereocenters. The van der Waals surface area contributed by atoms with Crippen LogP contribution in [0.4, 0.5) is 4.39 Å². The van der Waals surface area contributed by atoms with Gasteiger partial charge in [0.05, 0.1) is 23.7 Å². The quantitative estimate of drug-likeness (QED) is 0.127. The van der Waals surface area contributed by atoms with Crippen LogP contribution in [0.5, 0.6) is 0 Å². The normalized spacial score (nSPS) is 31.1. The molecule has 1 saturated heterocycles. The molecule has 5 aliphatic rings. The zero-order valence-corrected chi connectivity index (χ0v) is 34.8. The highest BCUT2D eigenvalue weighted by Crippen LogP contribution is 2.66. The first-order valence-electron chi connectivity index (χ1n) is 20.1. The van der Waals surface area contributed by atoms with Crippen molar-refractivity contribution in [2.45, 2.75) is 128 Å². The van der Waals surface area contributed by atoms with E-state index in [1.165, 1.54) is 12.1 Å². The Balaban J connectivity index is 1.30. The standard InChI is InChI=1S/C46H55ClFNO6S/c1-29-9-7-19-43(4)36(33-16-14-30(25-31(50)15-13-29)26-34(33)39(51)27-35-37(47)11-6-12-38(35)48)17-20-45(43,54)28-49(23-18-32-10-8-24-56-32)40(52)46-22-21-44(5,41(53)55-46)42(46,2)3/h6,8-12,14,16,24,26,31,36,50,54H,7,13,15,17-23,25,27-28H2,1-5H3. The number of aliphatic hydroxyl groups is 2. The first kappa shape index (κ1) is 40.8. The van der Waals surface area contributed by atoms with E-state index in [9.17, 15) is 19.8 Å². The molecule has 4 bridgehead atoms. The molecule has 0 radical (unpaired) electrons. The fourth-order valence-electron chi connectivity index (χ4n) is 10.4. The van der Waals surface area contributed by atoms with Crippen molar-refractivity contribution in [3.63, 3.8) is 0 Å². The molecule has 3 aromatic rings. The molecule has 4 aliphatic carbocycles. The lowest BCUT2D eigenvalue weighted by Crippen LogP contribution is -2.60. The largest absolute Gasteiger partial charge is 0.448 e. The fraction of sp³-hybridized carbons (Fsp3) is 0.543. The number of hydrogen-bond acceptors (Lipinski definition) is 7. The van der Waals surface area contributed by atoms with Crippen molar-refractivity contribution in [2.24, 2.45) is 16.2 Å². The van der Waals surface area contributed by atoms with Crippen LogP contribution in [0, 0.1) is 22.1 Å². The molecule has 7 nitrogen and oxygen atoms in total. The lowest BCUT2D eigenvalue weighted by Gasteiger charge is -2.47. The topological polar surface area (TPSA) is 104 Å². The summed E-state index contributed by atoms with van der Waals surface area (Å²) in [4.78, 5) is 45.7. The minimum absolute atomic E-state index is 0.0391. The van der Waals surface area contributed by atoms with Gasteiger partial charge in [0.25, 0.3) is 5.91 Å². The van der Waals surface area contributed by atoms with Gasteiger partial charge in [-0.15, -0.1) is 11.3 Å². The first-order valence-corrected chi connectivity index (χ1v) is 21.4. The molecular weight excluding hydrogens is 749 g/mol. The number of allylic oxidation sites excluding steroid dienone is 2. The van der Waals surface area contributed by atoms with Gasteiger partial charge in [0.15, 0.2) is 11.4 Å². The summed E-state index contributed by atoms with van der Waals surface area (Å²) in [7, 11) is 0. The number of Topliss-reactive ketones (excluding diaryl/α,β-unsaturated/α-hetero) is 1. The molecule has 1 aromatic heterocycles. The van der Waals surface area contributed by atoms with Gasteiger partial charge in [-0.05, 0) is 125 Å². The summed E-state index contributed by atoms with van der Waals surface area (Å²) < 4.78 is 21.2. The summed E-state index contributed by atoms with van der Waals surface area (Å²) in [6.45, 7) is 10.4. The second kappa shape index (κ2) is 15.1. The van der Waals surface area contributed by atoms with Gasteiger partial charge >= 0.3 is 5.97 Å². The fourth-order valence-corrected chi connectivity index (χ4v) is 11.4. The van der Waals surface area contributed by atoms with Crippen molar-refractivity contribution in [3.8, 4) is 0 Å². The number of thiophene rings is 1. The Labute approximate surface area is 339 Å². The molecular formula is C46H55ClFNO6S. The Bertz CT molecular complexity index is 2030. The third kappa shape index (κ3) is 6.78. The Hall–Kier alpha value is -3.37. The van der Waals surface area contributed by atoms with Crippen molar-refractivity contribution < 1.29 is 33.7 Å². The third-order valence-electron chi connectivity index (χ3n) is 14.7. The summed E-state index contributed by atoms with van der Waals surface area (Å²) in [5.74, 6) is -1.73. The van der Waals surface area contributed by atoms with Crippen molar-refractivity contribution in [2.75, 3.05) is 13.1 Å². The Morgan fingerprint density at radius 2 is 1.82 bits per heavy atom. The molecule has 2 aromatic carbocycles. The van der Waals surface area contributed by atoms with E-state index < -0.39 is 39.4 Å². The van der Waals surface area contributed by atoms with E-state index in [0.29, 0.717) is 76.3 Å². The highest BCUT2D eigenvalue weighted by Gasteiger charge is 2.76. The van der Waals surface area contributed by atoms with E-state index in [4.69, 9.17) is 16.3 Å². The minimum atomic E-state index is -1.38. The molecule has 2 heterocycles. The van der Waals surface area contributed by atoms with Crippen LogP contribution in [0.2, 0.25) is 5.02 Å². The van der Waals surface area contributed by atoms with Gasteiger partial charge in [-0.3, -0.25) is 14.4 Å². The highest BCUT2D eigenvalue weighted by molar-refractivity contribution is 7.09. The second-order valence-corrected chi connectivity index (χ2v) is 19.4. The number of fused-ring (bicyclic) bond motifs is 10. The Kier molecular flexibility index (Phi) is 11.0. The van der Waals surface area contributed by atoms with Gasteiger partial charge < -0.3 is 19.8 Å². The molecule has 56 heavy (non-hydrogen) atoms. The average Bonchev–Trinajstić information content (AvgIpc) is 3.85. The minimum Gasteiger partial charge on any atom is -0.448 e. The molecule has 2 N–H and O–H groups in total. The van der Waals surface area contributed by atoms with Gasteiger partial charge in [0, 0.05) is 44.8 Å². The number of benzene rings is 2. The molecule has 0 spiro atoms. The second-order valence-electron chi connectivity index (χ2n) is 18.0. The van der Waals surface area contributed by atoms with Crippen LogP contribution >= 0.6 is 22.9 Å². The van der Waals surface area contributed by atoms with E-state index in [-0.39, 0.29) is 47.1 Å². The number of carbonyl (C=O) groups is 3. The first-order chi connectivity index (χ1) is 26.4. The van der Waals surface area contributed by atoms with Gasteiger partial charge in [0.1, 0.15) is 5.82 Å². The van der Waals surface area contributed by atoms with Crippen molar-refractivity contribution >= 4 is 40.6 Å². The number of esters is 1. The lowest BCUT2D eigenvalue weighted by atomic mass is 9.64. The van der Waals surface area contributed by atoms with E-state index in [2.05, 4.69) is 19.9 Å². The molecule has 300 valence electrons. The van der Waals surface area contributed by atoms with E-state index in [0.717, 1.165) is 21.6 Å². The number of aliphatic hydroxyl groups excluding tert-OH is 1. The summed E-state index contributed by atoms with van der Waals surface area (Å²) in [6.07, 6.45) is 6.71. The maximum atomic E-state index is 15.1. The molecule has 10 heteroatoms. The number of halogens is 2. The van der Waals surface area contributed by atoms with Crippen LogP contribution in [0.25, 0.3) is 0 Å². The molecule has 8 rings (SSSR count). The van der Waals surface area contributed by atoms with E-state index >= 15 is 9.18 Å². The lowest BCUT2D eigenvalue weighted by molar-refractivity contribution is -0.177. The number of rotatable bonds is 9. The highest BCUT2D eigenvalue weighted by atomic mass is 35.5. The third-order valence-corrected chi connectivity index (χ3v) is 16.0. The molecule has 1 amide bonds. The van der Waals surface area contributed by atoms with Crippen molar-refractivity contribution in [1.29, 1.82) is 0 Å². The smallest absolute Gasteiger partial charge is 0.313 e. The van der Waals surface area contributed by atoms with Crippen molar-refractivity contribution in [3.05, 3.63) is 104 Å². The van der Waals surface area contributed by atoms with Gasteiger partial charge in [0.2, 0.25) is 0 Å². The number of amides is 1. The van der Waals surface area contributed by atoms with E-state index in [1.807, 2.05) is 56.5 Å². The van der Waals surface area contributed by atoms with Gasteiger partial charge in [-0.1, -0.05) is 68.3 Å². The van der Waals surface area contributed by atoms with Crippen LogP contribution in [-0.2, 0) is 33.6 Å². The summed E-state index contributed by atoms with van der Waals surface area (Å²) in [5.41, 5.74) is -1.75. The molecule has 1 aliphatic heterocycles. The SMILES string of the molecule is CC1=CCCC2(C)C(CCC2(O)CN(CCc2cccs2)C(=O)C23CCC(C)(C(=O)O2)C3(C)C)c2ccc(cc2C(=O)Cc2c(F)cccc2Cl)CC(O)CC1. The maximum Gasteiger partial charge on any atom is 0.313 e. The van der Waals surface area contributed by atoms with Gasteiger partial charge in [-0.2, -0.15) is 0 Å². The number of carbonyl (C=O) groups excluding carboxylic acids is 3. The van der Waals surface area contributed by atoms with Gasteiger partial charge in [-0.25, -0.2) is 4.39 Å². The summed E-state index contributed by atoms with van der Waals surface area (Å²) in [6, 6.07) is 14.2. The zero-order valence-electron chi connectivity index (χ0n) is 33.3. The monoisotopic (exact) mass is 803 g/mol. The number of nitrogens with zero attached hydrogens (tertiary/aromatic N) is 1. The van der Waals surface area contributed by atoms with Crippen molar-refractivity contribution in [1.82, 2.24) is 4.90 Å². The van der Waals surface area contributed by atoms with Crippen LogP contribution < -0.4 is 0 Å². The van der Waals surface area contributed by atoms with Crippen LogP contribution in [0.3, 0.4) is 0 Å². The van der Waals surface area contributed by atoms with Crippen LogP contribution in [0.1, 0.15) is 124 Å². The van der Waals surface area contributed by atoms with Crippen LogP contribution in [-0.4, -0.2) is 63.2 Å². The van der Waals surface area contributed by atoms with Crippen LogP contribution in [0.15, 0.2) is 65.6 Å². The zero-order chi connectivity index (χ0) is 40.3.